The van der Waals surface area contributed by atoms with E-state index in [4.69, 9.17) is 14.2 Å². The van der Waals surface area contributed by atoms with Gasteiger partial charge in [0.2, 0.25) is 0 Å². The van der Waals surface area contributed by atoms with Crippen LogP contribution in [0.3, 0.4) is 0 Å². The third kappa shape index (κ3) is 2.66. The minimum atomic E-state index is -1.12. The van der Waals surface area contributed by atoms with Crippen LogP contribution in [0.4, 0.5) is 4.79 Å². The minimum Gasteiger partial charge on any atom is -0.480 e. The molecule has 0 unspecified atom stereocenters. The zero-order valence-electron chi connectivity index (χ0n) is 15.0. The Morgan fingerprint density at radius 1 is 1.07 bits per heavy atom. The molecule has 28 heavy (non-hydrogen) atoms. The first-order chi connectivity index (χ1) is 13.6. The molecule has 7 nitrogen and oxygen atoms in total. The van der Waals surface area contributed by atoms with Gasteiger partial charge in [-0.2, -0.15) is 0 Å². The molecular formula is C21H19NO6. The lowest BCUT2D eigenvalue weighted by Gasteiger charge is -2.35. The van der Waals surface area contributed by atoms with Crippen LogP contribution in [0.5, 0.6) is 0 Å². The standard InChI is InChI=1S/C21H19NO6/c23-20(24)19-17-11-26-18(28-17)9-22(19)21(25)27-10-16-14-7-3-1-5-12(14)13-6-2-4-8-15(13)16/h1-8,16-19H,9-11H2,(H,23,24)/t17-,18-,19+/m0/s1. The molecule has 2 aromatic carbocycles. The predicted octanol–water partition coefficient (Wildman–Crippen LogP) is 2.45. The van der Waals surface area contributed by atoms with Crippen LogP contribution in [0.2, 0.25) is 0 Å². The normalized spacial score (nSPS) is 25.3. The maximum absolute atomic E-state index is 12.7. The summed E-state index contributed by atoms with van der Waals surface area (Å²) in [4.78, 5) is 25.6. The zero-order valence-corrected chi connectivity index (χ0v) is 15.0. The summed E-state index contributed by atoms with van der Waals surface area (Å²) in [5, 5.41) is 9.53. The molecule has 2 fully saturated rings. The quantitative estimate of drug-likeness (QED) is 0.879. The summed E-state index contributed by atoms with van der Waals surface area (Å²) < 4.78 is 16.4. The Bertz CT molecular complexity index is 898. The van der Waals surface area contributed by atoms with Crippen LogP contribution in [-0.4, -0.2) is 60.3 Å². The molecule has 144 valence electrons. The van der Waals surface area contributed by atoms with Gasteiger partial charge in [0, 0.05) is 5.92 Å². The van der Waals surface area contributed by atoms with Crippen molar-refractivity contribution < 1.29 is 28.9 Å². The van der Waals surface area contributed by atoms with Crippen LogP contribution < -0.4 is 0 Å². The van der Waals surface area contributed by atoms with Crippen LogP contribution in [0.25, 0.3) is 11.1 Å². The molecule has 2 aliphatic heterocycles. The molecule has 3 atom stereocenters. The smallest absolute Gasteiger partial charge is 0.410 e. The Morgan fingerprint density at radius 3 is 2.36 bits per heavy atom. The van der Waals surface area contributed by atoms with Crippen LogP contribution in [-0.2, 0) is 19.0 Å². The molecule has 0 radical (unpaired) electrons. The first kappa shape index (κ1) is 17.2. The van der Waals surface area contributed by atoms with Gasteiger partial charge in [-0.1, -0.05) is 48.5 Å². The van der Waals surface area contributed by atoms with Crippen molar-refractivity contribution in [3.63, 3.8) is 0 Å². The van der Waals surface area contributed by atoms with Crippen molar-refractivity contribution in [1.29, 1.82) is 0 Å². The molecule has 2 heterocycles. The second-order valence-corrected chi connectivity index (χ2v) is 7.18. The van der Waals surface area contributed by atoms with Gasteiger partial charge in [0.15, 0.2) is 12.3 Å². The number of carbonyl (C=O) groups excluding carboxylic acids is 1. The number of carboxylic acid groups (broad SMARTS) is 1. The van der Waals surface area contributed by atoms with Crippen molar-refractivity contribution in [1.82, 2.24) is 4.90 Å². The fraction of sp³-hybridized carbons (Fsp3) is 0.333. The molecule has 0 saturated carbocycles. The maximum atomic E-state index is 12.7. The van der Waals surface area contributed by atoms with Gasteiger partial charge in [-0.25, -0.2) is 9.59 Å². The zero-order chi connectivity index (χ0) is 19.3. The van der Waals surface area contributed by atoms with E-state index in [1.54, 1.807) is 0 Å². The SMILES string of the molecule is O=C(O)[C@H]1[C@@H]2CO[C@H](CN1C(=O)OCC1c3ccccc3-c3ccccc31)O2. The van der Waals surface area contributed by atoms with E-state index < -0.39 is 30.5 Å². The van der Waals surface area contributed by atoms with E-state index in [0.29, 0.717) is 0 Å². The molecule has 1 N–H and O–H groups in total. The number of morpholine rings is 1. The number of ether oxygens (including phenoxy) is 3. The first-order valence-electron chi connectivity index (χ1n) is 9.25. The molecule has 0 aromatic heterocycles. The molecule has 2 bridgehead atoms. The molecule has 1 amide bonds. The number of fused-ring (bicyclic) bond motifs is 5. The molecule has 7 heteroatoms. The van der Waals surface area contributed by atoms with E-state index >= 15 is 0 Å². The van der Waals surface area contributed by atoms with Crippen molar-refractivity contribution in [3.8, 4) is 11.1 Å². The highest BCUT2D eigenvalue weighted by atomic mass is 16.7. The number of amides is 1. The summed E-state index contributed by atoms with van der Waals surface area (Å²) in [7, 11) is 0. The number of carbonyl (C=O) groups is 2. The molecular weight excluding hydrogens is 362 g/mol. The van der Waals surface area contributed by atoms with Gasteiger partial charge in [0.05, 0.1) is 13.2 Å². The first-order valence-corrected chi connectivity index (χ1v) is 9.25. The average Bonchev–Trinajstić information content (AvgIpc) is 3.24. The lowest BCUT2D eigenvalue weighted by molar-refractivity contribution is -0.162. The third-order valence-corrected chi connectivity index (χ3v) is 5.63. The summed E-state index contributed by atoms with van der Waals surface area (Å²) in [6, 6.07) is 15.0. The van der Waals surface area contributed by atoms with Gasteiger partial charge in [-0.05, 0) is 22.3 Å². The van der Waals surface area contributed by atoms with Gasteiger partial charge in [0.1, 0.15) is 12.7 Å². The van der Waals surface area contributed by atoms with Crippen LogP contribution in [0.15, 0.2) is 48.5 Å². The van der Waals surface area contributed by atoms with Gasteiger partial charge < -0.3 is 19.3 Å². The van der Waals surface area contributed by atoms with E-state index in [9.17, 15) is 14.7 Å². The molecule has 5 rings (SSSR count). The summed E-state index contributed by atoms with van der Waals surface area (Å²) in [5.74, 6) is -1.20. The van der Waals surface area contributed by atoms with E-state index in [1.165, 1.54) is 4.90 Å². The third-order valence-electron chi connectivity index (χ3n) is 5.63. The number of hydrogen-bond acceptors (Lipinski definition) is 5. The summed E-state index contributed by atoms with van der Waals surface area (Å²) in [6.07, 6.45) is -1.92. The highest BCUT2D eigenvalue weighted by Gasteiger charge is 2.49. The van der Waals surface area contributed by atoms with Gasteiger partial charge in [-0.15, -0.1) is 0 Å². The second kappa shape index (κ2) is 6.61. The lowest BCUT2D eigenvalue weighted by Crippen LogP contribution is -2.57. The van der Waals surface area contributed by atoms with Gasteiger partial charge in [-0.3, -0.25) is 4.90 Å². The Morgan fingerprint density at radius 2 is 1.71 bits per heavy atom. The molecule has 1 aliphatic carbocycles. The van der Waals surface area contributed by atoms with Crippen molar-refractivity contribution in [2.24, 2.45) is 0 Å². The fourth-order valence-corrected chi connectivity index (χ4v) is 4.37. The maximum Gasteiger partial charge on any atom is 0.410 e. The number of rotatable bonds is 3. The molecule has 2 saturated heterocycles. The average molecular weight is 381 g/mol. The van der Waals surface area contributed by atoms with Crippen molar-refractivity contribution in [3.05, 3.63) is 59.7 Å². The Hall–Kier alpha value is -2.90. The van der Waals surface area contributed by atoms with E-state index in [0.717, 1.165) is 22.3 Å². The highest BCUT2D eigenvalue weighted by Crippen LogP contribution is 2.44. The second-order valence-electron chi connectivity index (χ2n) is 7.18. The van der Waals surface area contributed by atoms with Gasteiger partial charge >= 0.3 is 12.1 Å². The Balaban J connectivity index is 1.36. The fourth-order valence-electron chi connectivity index (χ4n) is 4.37. The summed E-state index contributed by atoms with van der Waals surface area (Å²) in [5.41, 5.74) is 4.49. The van der Waals surface area contributed by atoms with Crippen molar-refractivity contribution in [2.75, 3.05) is 19.8 Å². The largest absolute Gasteiger partial charge is 0.480 e. The monoisotopic (exact) mass is 381 g/mol. The van der Waals surface area contributed by atoms with Crippen molar-refractivity contribution in [2.45, 2.75) is 24.4 Å². The molecule has 3 aliphatic rings. The highest BCUT2D eigenvalue weighted by molar-refractivity contribution is 5.82. The Kier molecular flexibility index (Phi) is 4.07. The van der Waals surface area contributed by atoms with Gasteiger partial charge in [0.25, 0.3) is 0 Å². The number of nitrogens with zero attached hydrogens (tertiary/aromatic N) is 1. The van der Waals surface area contributed by atoms with Crippen LogP contribution >= 0.6 is 0 Å². The number of benzene rings is 2. The number of carboxylic acids is 1. The molecule has 2 aromatic rings. The number of hydrogen-bond donors (Lipinski definition) is 1. The predicted molar refractivity (Wildman–Crippen MR) is 97.8 cm³/mol. The lowest BCUT2D eigenvalue weighted by atomic mass is 9.98. The van der Waals surface area contributed by atoms with E-state index in [-0.39, 0.29) is 25.7 Å². The summed E-state index contributed by atoms with van der Waals surface area (Å²) >= 11 is 0. The van der Waals surface area contributed by atoms with Crippen LogP contribution in [0.1, 0.15) is 17.0 Å². The van der Waals surface area contributed by atoms with E-state index in [2.05, 4.69) is 12.1 Å². The Labute approximate surface area is 161 Å². The van der Waals surface area contributed by atoms with Crippen molar-refractivity contribution >= 4 is 12.1 Å². The topological polar surface area (TPSA) is 85.3 Å². The van der Waals surface area contributed by atoms with E-state index in [1.807, 2.05) is 36.4 Å². The van der Waals surface area contributed by atoms with Crippen LogP contribution in [0, 0.1) is 0 Å². The molecule has 0 spiro atoms. The number of aliphatic carboxylic acids is 1. The minimum absolute atomic E-state index is 0.0458. The summed E-state index contributed by atoms with van der Waals surface area (Å²) in [6.45, 7) is 0.353.